The molecule has 6 rings (SSSR count). The first-order chi connectivity index (χ1) is 22.2. The molecule has 0 saturated heterocycles. The average molecular weight is 717 g/mol. The number of nitrogens with zero attached hydrogens (tertiary/aromatic N) is 3. The van der Waals surface area contributed by atoms with Crippen molar-refractivity contribution in [1.29, 1.82) is 0 Å². The summed E-state index contributed by atoms with van der Waals surface area (Å²) in [6.45, 7) is 16.3. The minimum Gasteiger partial charge on any atom is -0.364 e. The Morgan fingerprint density at radius 3 is 1.80 bits per heavy atom. The Labute approximate surface area is 313 Å². The maximum Gasteiger partial charge on any atom is 0.0704 e. The van der Waals surface area contributed by atoms with Crippen LogP contribution >= 0.6 is 37.2 Å². The number of pyridine rings is 2. The molecule has 2 heterocycles. The summed E-state index contributed by atoms with van der Waals surface area (Å²) in [5, 5.41) is 0. The Balaban J connectivity index is 0.00000217. The molecule has 6 heteroatoms. The third-order valence-electron chi connectivity index (χ3n) is 10.7. The number of para-hydroxylation sites is 1. The molecule has 0 amide bonds. The summed E-state index contributed by atoms with van der Waals surface area (Å²) >= 11 is 0. The summed E-state index contributed by atoms with van der Waals surface area (Å²) in [5.41, 5.74) is 18.2. The fourth-order valence-corrected chi connectivity index (χ4v) is 7.36. The fourth-order valence-electron chi connectivity index (χ4n) is 7.36. The van der Waals surface area contributed by atoms with E-state index < -0.39 is 0 Å². The molecule has 0 N–H and O–H groups in total. The van der Waals surface area contributed by atoms with Crippen LogP contribution < -0.4 is 4.90 Å². The van der Waals surface area contributed by atoms with Gasteiger partial charge in [0, 0.05) is 48.0 Å². The van der Waals surface area contributed by atoms with Crippen molar-refractivity contribution in [3.63, 3.8) is 0 Å². The highest BCUT2D eigenvalue weighted by Crippen LogP contribution is 2.36. The van der Waals surface area contributed by atoms with Crippen molar-refractivity contribution in [3.05, 3.63) is 135 Å². The normalized spacial score (nSPS) is 15.4. The first-order valence-corrected chi connectivity index (χ1v) is 17.0. The molecule has 49 heavy (non-hydrogen) atoms. The predicted octanol–water partition coefficient (Wildman–Crippen LogP) is 12.0. The van der Waals surface area contributed by atoms with E-state index >= 15 is 0 Å². The number of hydrogen-bond acceptors (Lipinski definition) is 3. The Morgan fingerprint density at radius 1 is 0.592 bits per heavy atom. The molecule has 260 valence electrons. The lowest BCUT2D eigenvalue weighted by molar-refractivity contribution is 0.312. The highest BCUT2D eigenvalue weighted by molar-refractivity contribution is 5.86. The highest BCUT2D eigenvalue weighted by Gasteiger charge is 2.27. The molecular formula is C43H52Cl3N3. The third kappa shape index (κ3) is 9.25. The molecule has 2 aromatic heterocycles. The number of halogens is 3. The van der Waals surface area contributed by atoms with Crippen LogP contribution in [0.15, 0.2) is 85.3 Å². The minimum atomic E-state index is 0. The zero-order chi connectivity index (χ0) is 32.4. The van der Waals surface area contributed by atoms with Crippen molar-refractivity contribution in [3.8, 4) is 22.4 Å². The fraction of sp³-hybridized carbons (Fsp3) is 0.349. The molecule has 1 saturated carbocycles. The van der Waals surface area contributed by atoms with E-state index in [9.17, 15) is 0 Å². The molecule has 3 aromatic carbocycles. The summed E-state index contributed by atoms with van der Waals surface area (Å²) in [6.07, 6.45) is 12.1. The van der Waals surface area contributed by atoms with Gasteiger partial charge in [-0.25, -0.2) is 0 Å². The summed E-state index contributed by atoms with van der Waals surface area (Å²) in [6, 6.07) is 25.5. The Bertz CT molecular complexity index is 1810. The second kappa shape index (κ2) is 17.5. The number of benzene rings is 3. The van der Waals surface area contributed by atoms with Gasteiger partial charge in [-0.05, 0) is 179 Å². The standard InChI is InChI=1S/C43H49N3.3ClH/c1-28-10-8-9-11-43(28)46(27-37-23-40(26-44-25-37)38-18-29(2)33(6)30(3)19-38)41-14-12-35(13-15-41)22-36-16-17-45-42(24-36)39-20-31(4)34(7)32(5)21-39;;;/h8-11,16-21,23-26,35,41H,12-15,22,27H2,1-7H3;3*1H. The van der Waals surface area contributed by atoms with Crippen LogP contribution in [0.1, 0.15) is 75.8 Å². The Hall–Kier alpha value is -3.37. The van der Waals surface area contributed by atoms with E-state index in [2.05, 4.69) is 126 Å². The monoisotopic (exact) mass is 715 g/mol. The van der Waals surface area contributed by atoms with Crippen LogP contribution in [0.3, 0.4) is 0 Å². The molecule has 1 aliphatic carbocycles. The zero-order valence-electron chi connectivity index (χ0n) is 30.0. The highest BCUT2D eigenvalue weighted by atomic mass is 35.5. The van der Waals surface area contributed by atoms with E-state index in [1.165, 1.54) is 98.1 Å². The summed E-state index contributed by atoms with van der Waals surface area (Å²) in [7, 11) is 0. The van der Waals surface area contributed by atoms with Crippen LogP contribution in [0.2, 0.25) is 0 Å². The van der Waals surface area contributed by atoms with Crippen molar-refractivity contribution < 1.29 is 0 Å². The number of aryl methyl sites for hydroxylation is 5. The van der Waals surface area contributed by atoms with Crippen molar-refractivity contribution in [1.82, 2.24) is 9.97 Å². The lowest BCUT2D eigenvalue weighted by Gasteiger charge is -2.39. The summed E-state index contributed by atoms with van der Waals surface area (Å²) in [4.78, 5) is 12.2. The van der Waals surface area contributed by atoms with Crippen LogP contribution in [-0.4, -0.2) is 16.0 Å². The maximum atomic E-state index is 4.76. The third-order valence-corrected chi connectivity index (χ3v) is 10.7. The molecule has 1 fully saturated rings. The van der Waals surface area contributed by atoms with E-state index in [1.54, 1.807) is 0 Å². The molecule has 1 aliphatic rings. The van der Waals surface area contributed by atoms with Gasteiger partial charge in [-0.2, -0.15) is 0 Å². The first-order valence-electron chi connectivity index (χ1n) is 17.0. The number of rotatable bonds is 8. The maximum absolute atomic E-state index is 4.76. The van der Waals surface area contributed by atoms with Crippen molar-refractivity contribution in [2.75, 3.05) is 4.90 Å². The summed E-state index contributed by atoms with van der Waals surface area (Å²) < 4.78 is 0. The van der Waals surface area contributed by atoms with Crippen LogP contribution in [0, 0.1) is 54.4 Å². The van der Waals surface area contributed by atoms with E-state index in [4.69, 9.17) is 9.97 Å². The van der Waals surface area contributed by atoms with Crippen molar-refractivity contribution >= 4 is 42.9 Å². The van der Waals surface area contributed by atoms with Gasteiger partial charge in [-0.15, -0.1) is 37.2 Å². The summed E-state index contributed by atoms with van der Waals surface area (Å²) in [5.74, 6) is 0.699. The molecule has 0 unspecified atom stereocenters. The van der Waals surface area contributed by atoms with Gasteiger partial charge in [0.05, 0.1) is 5.69 Å². The first kappa shape index (κ1) is 40.1. The topological polar surface area (TPSA) is 29.0 Å². The van der Waals surface area contributed by atoms with Crippen molar-refractivity contribution in [2.45, 2.75) is 93.2 Å². The predicted molar refractivity (Wildman–Crippen MR) is 216 cm³/mol. The number of aromatic nitrogens is 2. The second-order valence-corrected chi connectivity index (χ2v) is 13.9. The van der Waals surface area contributed by atoms with Gasteiger partial charge in [0.25, 0.3) is 0 Å². The van der Waals surface area contributed by atoms with E-state index in [1.807, 2.05) is 12.4 Å². The lowest BCUT2D eigenvalue weighted by Crippen LogP contribution is -2.38. The zero-order valence-corrected chi connectivity index (χ0v) is 32.5. The SMILES string of the molecule is Cc1ccccc1N(Cc1cncc(-c2cc(C)c(C)c(C)c2)c1)C1CCC(Cc2ccnc(-c3cc(C)c(C)c(C)c3)c2)CC1.Cl.Cl.Cl. The van der Waals surface area contributed by atoms with Crippen LogP contribution in [0.5, 0.6) is 0 Å². The second-order valence-electron chi connectivity index (χ2n) is 13.9. The van der Waals surface area contributed by atoms with Gasteiger partial charge in [-0.1, -0.05) is 30.3 Å². The molecule has 0 bridgehead atoms. The van der Waals surface area contributed by atoms with Gasteiger partial charge in [-0.3, -0.25) is 9.97 Å². The average Bonchev–Trinajstić information content (AvgIpc) is 3.05. The molecule has 5 aromatic rings. The molecule has 3 nitrogen and oxygen atoms in total. The minimum absolute atomic E-state index is 0. The molecule has 0 spiro atoms. The Kier molecular flexibility index (Phi) is 14.3. The smallest absolute Gasteiger partial charge is 0.0704 e. The van der Waals surface area contributed by atoms with E-state index in [0.29, 0.717) is 12.0 Å². The quantitative estimate of drug-likeness (QED) is 0.160. The molecular weight excluding hydrogens is 665 g/mol. The lowest BCUT2D eigenvalue weighted by atomic mass is 9.81. The van der Waals surface area contributed by atoms with Crippen LogP contribution in [0.4, 0.5) is 5.69 Å². The number of anilines is 1. The van der Waals surface area contributed by atoms with Gasteiger partial charge in [0.2, 0.25) is 0 Å². The largest absolute Gasteiger partial charge is 0.364 e. The van der Waals surface area contributed by atoms with Gasteiger partial charge < -0.3 is 4.90 Å². The van der Waals surface area contributed by atoms with Gasteiger partial charge in [0.1, 0.15) is 0 Å². The Morgan fingerprint density at radius 2 is 1.18 bits per heavy atom. The van der Waals surface area contributed by atoms with Gasteiger partial charge in [0.15, 0.2) is 0 Å². The van der Waals surface area contributed by atoms with Gasteiger partial charge >= 0.3 is 0 Å². The van der Waals surface area contributed by atoms with E-state index in [-0.39, 0.29) is 37.2 Å². The van der Waals surface area contributed by atoms with E-state index in [0.717, 1.165) is 18.7 Å². The molecule has 0 aliphatic heterocycles. The van der Waals surface area contributed by atoms with Crippen LogP contribution in [0.25, 0.3) is 22.4 Å². The van der Waals surface area contributed by atoms with Crippen LogP contribution in [-0.2, 0) is 13.0 Å². The molecule has 0 radical (unpaired) electrons. The molecule has 0 atom stereocenters. The van der Waals surface area contributed by atoms with Crippen molar-refractivity contribution in [2.24, 2.45) is 5.92 Å². The number of hydrogen-bond donors (Lipinski definition) is 0.